The molecule has 4 rings (SSSR count). The Kier molecular flexibility index (Phi) is 6.29. The van der Waals surface area contributed by atoms with Crippen molar-refractivity contribution < 1.29 is 0 Å². The molecule has 0 saturated heterocycles. The van der Waals surface area contributed by atoms with Crippen molar-refractivity contribution >= 4 is 21.5 Å². The summed E-state index contributed by atoms with van der Waals surface area (Å²) in [6.07, 6.45) is 5.28. The standard InChI is InChI=1S/C27H20BrN3/c1-3-11-19(4-2)25-29-26(21-14-9-6-10-15-21)31-27(30-25)23-16-22(17-24(28)18-23)20-12-7-5-8-13-20/h3-18H,1-2H2/b19-11+. The molecule has 0 bridgehead atoms. The van der Waals surface area contributed by atoms with Crippen LogP contribution in [0.15, 0.2) is 115 Å². The number of benzene rings is 3. The summed E-state index contributed by atoms with van der Waals surface area (Å²) in [6.45, 7) is 7.70. The first-order chi connectivity index (χ1) is 15.2. The van der Waals surface area contributed by atoms with E-state index in [1.807, 2.05) is 60.7 Å². The van der Waals surface area contributed by atoms with Gasteiger partial charge in [-0.1, -0.05) is 108 Å². The van der Waals surface area contributed by atoms with Crippen molar-refractivity contribution in [3.8, 4) is 33.9 Å². The summed E-state index contributed by atoms with van der Waals surface area (Å²) >= 11 is 3.65. The molecule has 0 spiro atoms. The van der Waals surface area contributed by atoms with E-state index in [2.05, 4.69) is 53.4 Å². The molecule has 4 aromatic rings. The summed E-state index contributed by atoms with van der Waals surface area (Å²) in [6, 6.07) is 26.3. The summed E-state index contributed by atoms with van der Waals surface area (Å²) in [5.41, 5.74) is 4.82. The van der Waals surface area contributed by atoms with Crippen LogP contribution in [0.3, 0.4) is 0 Å². The van der Waals surface area contributed by atoms with Crippen LogP contribution in [-0.4, -0.2) is 15.0 Å². The van der Waals surface area contributed by atoms with Crippen molar-refractivity contribution in [1.29, 1.82) is 0 Å². The van der Waals surface area contributed by atoms with Crippen molar-refractivity contribution in [2.24, 2.45) is 0 Å². The third kappa shape index (κ3) is 4.76. The number of allylic oxidation sites excluding steroid dienone is 4. The minimum atomic E-state index is 0.556. The van der Waals surface area contributed by atoms with E-state index in [1.165, 1.54) is 0 Å². The molecule has 1 heterocycles. The lowest BCUT2D eigenvalue weighted by molar-refractivity contribution is 1.04. The fourth-order valence-corrected chi connectivity index (χ4v) is 3.72. The summed E-state index contributed by atoms with van der Waals surface area (Å²) in [4.78, 5) is 14.3. The van der Waals surface area contributed by atoms with Crippen LogP contribution in [0.25, 0.3) is 39.5 Å². The Morgan fingerprint density at radius 2 is 1.26 bits per heavy atom. The maximum Gasteiger partial charge on any atom is 0.164 e. The summed E-state index contributed by atoms with van der Waals surface area (Å²) in [5.74, 6) is 1.76. The highest BCUT2D eigenvalue weighted by molar-refractivity contribution is 9.10. The van der Waals surface area contributed by atoms with E-state index in [4.69, 9.17) is 15.0 Å². The normalized spacial score (nSPS) is 11.2. The van der Waals surface area contributed by atoms with Crippen molar-refractivity contribution in [3.63, 3.8) is 0 Å². The first-order valence-corrected chi connectivity index (χ1v) is 10.6. The van der Waals surface area contributed by atoms with Crippen molar-refractivity contribution in [2.45, 2.75) is 0 Å². The van der Waals surface area contributed by atoms with E-state index < -0.39 is 0 Å². The van der Waals surface area contributed by atoms with Gasteiger partial charge in [0.25, 0.3) is 0 Å². The van der Waals surface area contributed by atoms with Crippen molar-refractivity contribution in [1.82, 2.24) is 15.0 Å². The van der Waals surface area contributed by atoms with Gasteiger partial charge < -0.3 is 0 Å². The van der Waals surface area contributed by atoms with Crippen LogP contribution in [-0.2, 0) is 0 Å². The Balaban J connectivity index is 1.92. The molecule has 0 aliphatic heterocycles. The Morgan fingerprint density at radius 3 is 1.87 bits per heavy atom. The molecule has 0 saturated carbocycles. The van der Waals surface area contributed by atoms with Gasteiger partial charge in [-0.3, -0.25) is 0 Å². The van der Waals surface area contributed by atoms with E-state index in [9.17, 15) is 0 Å². The maximum absolute atomic E-state index is 4.80. The molecule has 0 amide bonds. The van der Waals surface area contributed by atoms with E-state index in [1.54, 1.807) is 12.2 Å². The van der Waals surface area contributed by atoms with E-state index in [0.29, 0.717) is 17.5 Å². The van der Waals surface area contributed by atoms with Gasteiger partial charge in [0.1, 0.15) is 0 Å². The molecule has 3 nitrogen and oxygen atoms in total. The van der Waals surface area contributed by atoms with Crippen LogP contribution in [0.4, 0.5) is 0 Å². The van der Waals surface area contributed by atoms with Gasteiger partial charge in [0.15, 0.2) is 17.5 Å². The Morgan fingerprint density at radius 1 is 0.677 bits per heavy atom. The second-order valence-corrected chi connectivity index (χ2v) is 7.74. The molecule has 150 valence electrons. The van der Waals surface area contributed by atoms with Crippen LogP contribution in [0.5, 0.6) is 0 Å². The maximum atomic E-state index is 4.80. The molecule has 0 atom stereocenters. The summed E-state index contributed by atoms with van der Waals surface area (Å²) in [5, 5.41) is 0. The zero-order chi connectivity index (χ0) is 21.6. The topological polar surface area (TPSA) is 38.7 Å². The minimum Gasteiger partial charge on any atom is -0.208 e. The predicted octanol–water partition coefficient (Wildman–Crippen LogP) is 7.39. The van der Waals surface area contributed by atoms with Gasteiger partial charge in [0.2, 0.25) is 0 Å². The SMILES string of the molecule is C=C/C=C(\C=C)c1nc(-c2ccccc2)nc(-c2cc(Br)cc(-c3ccccc3)c2)n1. The summed E-state index contributed by atoms with van der Waals surface area (Å²) in [7, 11) is 0. The highest BCUT2D eigenvalue weighted by atomic mass is 79.9. The first kappa shape index (κ1) is 20.6. The minimum absolute atomic E-state index is 0.556. The van der Waals surface area contributed by atoms with Gasteiger partial charge in [-0.2, -0.15) is 0 Å². The van der Waals surface area contributed by atoms with Crippen LogP contribution in [0, 0.1) is 0 Å². The lowest BCUT2D eigenvalue weighted by atomic mass is 10.0. The van der Waals surface area contributed by atoms with Crippen LogP contribution in [0.2, 0.25) is 0 Å². The number of hydrogen-bond acceptors (Lipinski definition) is 3. The van der Waals surface area contributed by atoms with Crippen LogP contribution in [0.1, 0.15) is 5.82 Å². The Hall–Kier alpha value is -3.63. The summed E-state index contributed by atoms with van der Waals surface area (Å²) < 4.78 is 0.956. The second-order valence-electron chi connectivity index (χ2n) is 6.83. The molecule has 0 radical (unpaired) electrons. The number of rotatable bonds is 6. The Labute approximate surface area is 190 Å². The molecule has 0 N–H and O–H groups in total. The van der Waals surface area contributed by atoms with Gasteiger partial charge in [-0.05, 0) is 29.3 Å². The molecule has 1 aromatic heterocycles. The number of aromatic nitrogens is 3. The molecule has 0 unspecified atom stereocenters. The van der Waals surface area contributed by atoms with Gasteiger partial charge in [0.05, 0.1) is 0 Å². The quantitative estimate of drug-likeness (QED) is 0.278. The molecule has 0 aliphatic rings. The highest BCUT2D eigenvalue weighted by Crippen LogP contribution is 2.30. The molecule has 0 aliphatic carbocycles. The zero-order valence-electron chi connectivity index (χ0n) is 16.9. The molecule has 31 heavy (non-hydrogen) atoms. The molecule has 3 aromatic carbocycles. The van der Waals surface area contributed by atoms with Gasteiger partial charge in [-0.25, -0.2) is 15.0 Å². The van der Waals surface area contributed by atoms with E-state index in [0.717, 1.165) is 32.3 Å². The molecular formula is C27H20BrN3. The number of halogens is 1. The predicted molar refractivity (Wildman–Crippen MR) is 132 cm³/mol. The fraction of sp³-hybridized carbons (Fsp3) is 0. The van der Waals surface area contributed by atoms with Crippen LogP contribution >= 0.6 is 15.9 Å². The average Bonchev–Trinajstić information content (AvgIpc) is 2.83. The Bertz CT molecular complexity index is 1260. The van der Waals surface area contributed by atoms with E-state index >= 15 is 0 Å². The largest absolute Gasteiger partial charge is 0.208 e. The van der Waals surface area contributed by atoms with Crippen molar-refractivity contribution in [3.05, 3.63) is 121 Å². The van der Waals surface area contributed by atoms with Crippen LogP contribution < -0.4 is 0 Å². The fourth-order valence-electron chi connectivity index (χ4n) is 3.23. The monoisotopic (exact) mass is 465 g/mol. The second kappa shape index (κ2) is 9.45. The zero-order valence-corrected chi connectivity index (χ0v) is 18.5. The molecule has 0 fully saturated rings. The van der Waals surface area contributed by atoms with Gasteiger partial charge in [-0.15, -0.1) is 0 Å². The third-order valence-electron chi connectivity index (χ3n) is 4.71. The lowest BCUT2D eigenvalue weighted by Crippen LogP contribution is -2.02. The number of nitrogens with zero attached hydrogens (tertiary/aromatic N) is 3. The van der Waals surface area contributed by atoms with Crippen molar-refractivity contribution in [2.75, 3.05) is 0 Å². The smallest absolute Gasteiger partial charge is 0.164 e. The molecule has 4 heteroatoms. The van der Waals surface area contributed by atoms with Gasteiger partial charge in [0, 0.05) is 21.2 Å². The average molecular weight is 466 g/mol. The first-order valence-electron chi connectivity index (χ1n) is 9.81. The number of hydrogen-bond donors (Lipinski definition) is 0. The third-order valence-corrected chi connectivity index (χ3v) is 5.16. The van der Waals surface area contributed by atoms with Gasteiger partial charge >= 0.3 is 0 Å². The molecular weight excluding hydrogens is 446 g/mol. The highest BCUT2D eigenvalue weighted by Gasteiger charge is 2.13. The lowest BCUT2D eigenvalue weighted by Gasteiger charge is -2.10. The van der Waals surface area contributed by atoms with E-state index in [-0.39, 0.29) is 0 Å².